The fourth-order valence-corrected chi connectivity index (χ4v) is 4.13. The maximum atomic E-state index is 12.3. The van der Waals surface area contributed by atoms with Crippen LogP contribution in [0, 0.1) is 6.92 Å². The number of aryl methyl sites for hydroxylation is 1. The smallest absolute Gasteiger partial charge is 0.348 e. The van der Waals surface area contributed by atoms with Gasteiger partial charge in [0.25, 0.3) is 0 Å². The first-order valence-electron chi connectivity index (χ1n) is 8.24. The summed E-state index contributed by atoms with van der Waals surface area (Å²) in [6.45, 7) is 2.20. The Balaban J connectivity index is 1.98. The molecule has 1 aliphatic heterocycles. The van der Waals surface area contributed by atoms with Crippen LogP contribution < -0.4 is 15.1 Å². The van der Waals surface area contributed by atoms with Crippen LogP contribution in [-0.2, 0) is 0 Å². The van der Waals surface area contributed by atoms with E-state index in [0.29, 0.717) is 24.4 Å². The van der Waals surface area contributed by atoms with E-state index >= 15 is 0 Å². The first kappa shape index (κ1) is 18.4. The predicted molar refractivity (Wildman–Crippen MR) is 102 cm³/mol. The van der Waals surface area contributed by atoms with Gasteiger partial charge in [-0.3, -0.25) is 4.99 Å². The molecule has 0 saturated heterocycles. The third kappa shape index (κ3) is 3.72. The second-order valence-electron chi connectivity index (χ2n) is 5.90. The van der Waals surface area contributed by atoms with E-state index in [1.54, 1.807) is 32.9 Å². The molecule has 0 bridgehead atoms. The van der Waals surface area contributed by atoms with Crippen molar-refractivity contribution in [3.8, 4) is 17.2 Å². The third-order valence-corrected chi connectivity index (χ3v) is 5.46. The highest BCUT2D eigenvalue weighted by Crippen LogP contribution is 2.41. The molecule has 0 unspecified atom stereocenters. The van der Waals surface area contributed by atoms with Crippen LogP contribution in [-0.4, -0.2) is 37.3 Å². The lowest BCUT2D eigenvalue weighted by atomic mass is 10.0. The summed E-state index contributed by atoms with van der Waals surface area (Å²) >= 11 is 1.74. The Hall–Kier alpha value is -2.41. The summed E-state index contributed by atoms with van der Waals surface area (Å²) in [5, 5.41) is 10.3. The van der Waals surface area contributed by atoms with Crippen LogP contribution in [0.5, 0.6) is 17.2 Å². The van der Waals surface area contributed by atoms with Crippen molar-refractivity contribution < 1.29 is 19.0 Å². The number of ether oxygens (including phenoxy) is 2. The van der Waals surface area contributed by atoms with Crippen molar-refractivity contribution in [3.63, 3.8) is 0 Å². The summed E-state index contributed by atoms with van der Waals surface area (Å²) in [5.74, 6) is 2.53. The van der Waals surface area contributed by atoms with Crippen molar-refractivity contribution in [1.82, 2.24) is 0 Å². The first-order chi connectivity index (χ1) is 12.5. The number of benzene rings is 1. The van der Waals surface area contributed by atoms with Crippen LogP contribution in [0.3, 0.4) is 0 Å². The van der Waals surface area contributed by atoms with Gasteiger partial charge in [0, 0.05) is 41.7 Å². The SMILES string of the molecule is COc1ccc([C@@H]2CC(c3c(O)cc(C)oc3=O)=NCCS2)c(OC)c1. The maximum Gasteiger partial charge on any atom is 0.348 e. The maximum absolute atomic E-state index is 12.3. The Labute approximate surface area is 155 Å². The van der Waals surface area contributed by atoms with Gasteiger partial charge in [0.05, 0.1) is 19.9 Å². The average molecular weight is 375 g/mol. The molecule has 0 spiro atoms. The molecule has 138 valence electrons. The van der Waals surface area contributed by atoms with Gasteiger partial charge in [-0.2, -0.15) is 11.8 Å². The molecular weight excluding hydrogens is 354 g/mol. The number of hydrogen-bond acceptors (Lipinski definition) is 7. The number of aromatic hydroxyl groups is 1. The molecule has 0 radical (unpaired) electrons. The first-order valence-corrected chi connectivity index (χ1v) is 9.29. The average Bonchev–Trinajstić information content (AvgIpc) is 2.86. The second kappa shape index (κ2) is 7.86. The molecule has 2 heterocycles. The number of rotatable bonds is 4. The molecule has 0 fully saturated rings. The van der Waals surface area contributed by atoms with E-state index in [2.05, 4.69) is 4.99 Å². The zero-order chi connectivity index (χ0) is 18.7. The van der Waals surface area contributed by atoms with Crippen molar-refractivity contribution >= 4 is 17.5 Å². The molecular formula is C19H21NO5S. The van der Waals surface area contributed by atoms with Gasteiger partial charge in [0.1, 0.15) is 28.6 Å². The van der Waals surface area contributed by atoms with Gasteiger partial charge < -0.3 is 19.0 Å². The summed E-state index contributed by atoms with van der Waals surface area (Å²) in [4.78, 5) is 16.8. The lowest BCUT2D eigenvalue weighted by Crippen LogP contribution is -2.17. The van der Waals surface area contributed by atoms with Crippen molar-refractivity contribution in [2.75, 3.05) is 26.5 Å². The Morgan fingerprint density at radius 1 is 1.27 bits per heavy atom. The Kier molecular flexibility index (Phi) is 5.56. The van der Waals surface area contributed by atoms with Crippen LogP contribution >= 0.6 is 11.8 Å². The topological polar surface area (TPSA) is 81.3 Å². The molecule has 1 aromatic heterocycles. The fourth-order valence-electron chi connectivity index (χ4n) is 3.00. The van der Waals surface area contributed by atoms with Crippen LogP contribution in [0.15, 0.2) is 38.5 Å². The molecule has 1 aromatic carbocycles. The predicted octanol–water partition coefficient (Wildman–Crippen LogP) is 3.34. The molecule has 1 aliphatic rings. The van der Waals surface area contributed by atoms with Gasteiger partial charge in [-0.1, -0.05) is 6.07 Å². The van der Waals surface area contributed by atoms with E-state index in [0.717, 1.165) is 22.8 Å². The van der Waals surface area contributed by atoms with E-state index in [9.17, 15) is 9.90 Å². The molecule has 0 amide bonds. The highest BCUT2D eigenvalue weighted by Gasteiger charge is 2.26. The zero-order valence-corrected chi connectivity index (χ0v) is 15.8. The zero-order valence-electron chi connectivity index (χ0n) is 14.9. The molecule has 26 heavy (non-hydrogen) atoms. The quantitative estimate of drug-likeness (QED) is 0.883. The molecule has 6 nitrogen and oxygen atoms in total. The number of aliphatic imine (C=N–C) groups is 1. The second-order valence-corrected chi connectivity index (χ2v) is 7.22. The number of hydrogen-bond donors (Lipinski definition) is 1. The van der Waals surface area contributed by atoms with E-state index in [1.165, 1.54) is 6.07 Å². The van der Waals surface area contributed by atoms with E-state index < -0.39 is 5.63 Å². The van der Waals surface area contributed by atoms with E-state index in [4.69, 9.17) is 13.9 Å². The number of thioether (sulfide) groups is 1. The van der Waals surface area contributed by atoms with Crippen molar-refractivity contribution in [2.24, 2.45) is 4.99 Å². The van der Waals surface area contributed by atoms with Crippen LogP contribution in [0.4, 0.5) is 0 Å². The highest BCUT2D eigenvalue weighted by atomic mass is 32.2. The van der Waals surface area contributed by atoms with Gasteiger partial charge in [-0.05, 0) is 13.0 Å². The van der Waals surface area contributed by atoms with E-state index in [-0.39, 0.29) is 16.6 Å². The minimum Gasteiger partial charge on any atom is -0.507 e. The standard InChI is InChI=1S/C19H21NO5S/c1-11-8-15(21)18(19(22)25-11)14-10-17(26-7-6-20-14)13-5-4-12(23-2)9-16(13)24-3/h4-5,8-9,17,21H,6-7,10H2,1-3H3/t17-/m0/s1. The summed E-state index contributed by atoms with van der Waals surface area (Å²) in [6.07, 6.45) is 0.495. The van der Waals surface area contributed by atoms with Crippen LogP contribution in [0.1, 0.15) is 28.6 Å². The van der Waals surface area contributed by atoms with Crippen LogP contribution in [0.2, 0.25) is 0 Å². The van der Waals surface area contributed by atoms with Gasteiger partial charge >= 0.3 is 5.63 Å². The molecule has 1 atom stereocenters. The lowest BCUT2D eigenvalue weighted by molar-refractivity contribution is 0.391. The summed E-state index contributed by atoms with van der Waals surface area (Å²) in [7, 11) is 3.23. The minimum atomic E-state index is -0.561. The molecule has 7 heteroatoms. The Bertz CT molecular complexity index is 890. The molecule has 0 aliphatic carbocycles. The normalized spacial score (nSPS) is 17.3. The van der Waals surface area contributed by atoms with Gasteiger partial charge in [0.2, 0.25) is 0 Å². The van der Waals surface area contributed by atoms with Crippen molar-refractivity contribution in [1.29, 1.82) is 0 Å². The van der Waals surface area contributed by atoms with Gasteiger partial charge in [-0.15, -0.1) is 0 Å². The third-order valence-electron chi connectivity index (χ3n) is 4.22. The summed E-state index contributed by atoms with van der Waals surface area (Å²) < 4.78 is 15.9. The van der Waals surface area contributed by atoms with Crippen molar-refractivity contribution in [2.45, 2.75) is 18.6 Å². The van der Waals surface area contributed by atoms with Crippen molar-refractivity contribution in [3.05, 3.63) is 51.6 Å². The molecule has 3 rings (SSSR count). The largest absolute Gasteiger partial charge is 0.507 e. The Morgan fingerprint density at radius 3 is 2.77 bits per heavy atom. The highest BCUT2D eigenvalue weighted by molar-refractivity contribution is 7.99. The molecule has 2 aromatic rings. The molecule has 1 N–H and O–H groups in total. The lowest BCUT2D eigenvalue weighted by Gasteiger charge is -2.19. The molecule has 0 saturated carbocycles. The van der Waals surface area contributed by atoms with Gasteiger partial charge in [-0.25, -0.2) is 4.79 Å². The fraction of sp³-hybridized carbons (Fsp3) is 0.368. The number of methoxy groups -OCH3 is 2. The number of nitrogens with zero attached hydrogens (tertiary/aromatic N) is 1. The Morgan fingerprint density at radius 2 is 2.08 bits per heavy atom. The van der Waals surface area contributed by atoms with Crippen LogP contribution in [0.25, 0.3) is 0 Å². The minimum absolute atomic E-state index is 0.0391. The summed E-state index contributed by atoms with van der Waals surface area (Å²) in [5.41, 5.74) is 1.15. The monoisotopic (exact) mass is 375 g/mol. The van der Waals surface area contributed by atoms with E-state index in [1.807, 2.05) is 18.2 Å². The summed E-state index contributed by atoms with van der Waals surface area (Å²) in [6, 6.07) is 7.14. The van der Waals surface area contributed by atoms with Gasteiger partial charge in [0.15, 0.2) is 0 Å².